The maximum atomic E-state index is 12.4. The van der Waals surface area contributed by atoms with Gasteiger partial charge in [0, 0.05) is 6.54 Å². The molecule has 1 rings (SSSR count). The Balaban J connectivity index is 2.05. The minimum absolute atomic E-state index is 0.251. The SMILES string of the molecule is C[N+](C)(C)C(N)C(CC(=O)O)C(=O)NCCCCCCCCCCOc1ccccc1. The van der Waals surface area contributed by atoms with Crippen LogP contribution >= 0.6 is 0 Å². The number of carbonyl (C=O) groups excluding carboxylic acids is 1. The molecule has 0 aliphatic rings. The molecule has 2 unspecified atom stereocenters. The van der Waals surface area contributed by atoms with Crippen molar-refractivity contribution in [3.05, 3.63) is 30.3 Å². The molecule has 176 valence electrons. The van der Waals surface area contributed by atoms with Crippen LogP contribution in [0.3, 0.4) is 0 Å². The highest BCUT2D eigenvalue weighted by atomic mass is 16.5. The van der Waals surface area contributed by atoms with Gasteiger partial charge in [0.25, 0.3) is 0 Å². The molecule has 2 atom stereocenters. The molecule has 31 heavy (non-hydrogen) atoms. The number of para-hydroxylation sites is 1. The zero-order valence-corrected chi connectivity index (χ0v) is 19.5. The first kappa shape index (κ1) is 26.9. The second kappa shape index (κ2) is 14.8. The molecule has 1 amide bonds. The summed E-state index contributed by atoms with van der Waals surface area (Å²) in [4.78, 5) is 23.6. The van der Waals surface area contributed by atoms with E-state index < -0.39 is 18.1 Å². The molecule has 0 bridgehead atoms. The van der Waals surface area contributed by atoms with Crippen LogP contribution < -0.4 is 15.8 Å². The van der Waals surface area contributed by atoms with Crippen molar-refractivity contribution in [1.82, 2.24) is 5.32 Å². The molecular formula is C24H42N3O4+. The molecule has 0 spiro atoms. The maximum absolute atomic E-state index is 12.4. The van der Waals surface area contributed by atoms with Crippen LogP contribution in [-0.4, -0.2) is 61.9 Å². The van der Waals surface area contributed by atoms with Gasteiger partial charge in [-0.15, -0.1) is 0 Å². The van der Waals surface area contributed by atoms with Gasteiger partial charge >= 0.3 is 5.97 Å². The molecule has 0 saturated heterocycles. The first-order chi connectivity index (χ1) is 14.7. The largest absolute Gasteiger partial charge is 0.494 e. The Kier molecular flexibility index (Phi) is 12.9. The number of nitrogens with two attached hydrogens (primary N) is 1. The number of benzene rings is 1. The topological polar surface area (TPSA) is 102 Å². The normalized spacial score (nSPS) is 13.4. The minimum Gasteiger partial charge on any atom is -0.494 e. The number of nitrogens with zero attached hydrogens (tertiary/aromatic N) is 1. The Bertz CT molecular complexity index is 631. The molecule has 0 aromatic heterocycles. The predicted molar refractivity (Wildman–Crippen MR) is 124 cm³/mol. The quantitative estimate of drug-likeness (QED) is 0.197. The summed E-state index contributed by atoms with van der Waals surface area (Å²) in [5.74, 6) is -1.07. The van der Waals surface area contributed by atoms with E-state index in [1.54, 1.807) is 0 Å². The third kappa shape index (κ3) is 12.4. The zero-order chi connectivity index (χ0) is 23.1. The van der Waals surface area contributed by atoms with Crippen molar-refractivity contribution in [3.63, 3.8) is 0 Å². The van der Waals surface area contributed by atoms with Gasteiger partial charge in [-0.1, -0.05) is 56.7 Å². The van der Waals surface area contributed by atoms with Gasteiger partial charge in [-0.25, -0.2) is 0 Å². The Morgan fingerprint density at radius 2 is 1.52 bits per heavy atom. The summed E-state index contributed by atoms with van der Waals surface area (Å²) in [6, 6.07) is 9.91. The van der Waals surface area contributed by atoms with Crippen LogP contribution in [0.2, 0.25) is 0 Å². The van der Waals surface area contributed by atoms with Gasteiger partial charge in [0.1, 0.15) is 11.7 Å². The van der Waals surface area contributed by atoms with Gasteiger partial charge in [0.2, 0.25) is 5.91 Å². The highest BCUT2D eigenvalue weighted by Crippen LogP contribution is 2.15. The first-order valence-corrected chi connectivity index (χ1v) is 11.5. The van der Waals surface area contributed by atoms with E-state index in [4.69, 9.17) is 15.6 Å². The van der Waals surface area contributed by atoms with Crippen molar-refractivity contribution in [2.75, 3.05) is 34.3 Å². The molecule has 7 nitrogen and oxygen atoms in total. The summed E-state index contributed by atoms with van der Waals surface area (Å²) in [6.45, 7) is 1.33. The Morgan fingerprint density at radius 1 is 0.968 bits per heavy atom. The van der Waals surface area contributed by atoms with Gasteiger partial charge in [0.05, 0.1) is 34.2 Å². The number of unbranched alkanes of at least 4 members (excludes halogenated alkanes) is 7. The van der Waals surface area contributed by atoms with Crippen LogP contribution in [0.25, 0.3) is 0 Å². The lowest BCUT2D eigenvalue weighted by atomic mass is 9.99. The van der Waals surface area contributed by atoms with E-state index in [-0.39, 0.29) is 12.3 Å². The first-order valence-electron chi connectivity index (χ1n) is 11.5. The van der Waals surface area contributed by atoms with Crippen molar-refractivity contribution >= 4 is 11.9 Å². The summed E-state index contributed by atoms with van der Waals surface area (Å²) in [5.41, 5.74) is 6.14. The number of hydrogen-bond acceptors (Lipinski definition) is 4. The maximum Gasteiger partial charge on any atom is 0.304 e. The molecule has 4 N–H and O–H groups in total. The van der Waals surface area contributed by atoms with E-state index in [1.807, 2.05) is 51.5 Å². The summed E-state index contributed by atoms with van der Waals surface area (Å²) in [6.07, 6.45) is 8.18. The van der Waals surface area contributed by atoms with Crippen LogP contribution in [-0.2, 0) is 9.59 Å². The number of aliphatic carboxylic acids is 1. The van der Waals surface area contributed by atoms with Crippen LogP contribution in [0.15, 0.2) is 30.3 Å². The third-order valence-electron chi connectivity index (χ3n) is 5.42. The highest BCUT2D eigenvalue weighted by molar-refractivity contribution is 5.83. The Labute approximate surface area is 187 Å². The van der Waals surface area contributed by atoms with E-state index in [1.165, 1.54) is 25.7 Å². The molecule has 0 heterocycles. The Morgan fingerprint density at radius 3 is 2.06 bits per heavy atom. The lowest BCUT2D eigenvalue weighted by molar-refractivity contribution is -0.898. The van der Waals surface area contributed by atoms with Gasteiger partial charge < -0.3 is 19.6 Å². The predicted octanol–water partition coefficient (Wildman–Crippen LogP) is 3.38. The number of carboxylic acid groups (broad SMARTS) is 1. The van der Waals surface area contributed by atoms with Crippen LogP contribution in [0, 0.1) is 5.92 Å². The number of nitrogens with one attached hydrogen (secondary N) is 1. The number of amides is 1. The van der Waals surface area contributed by atoms with Crippen LogP contribution in [0.4, 0.5) is 0 Å². The minimum atomic E-state index is -1.00. The average molecular weight is 437 g/mol. The molecule has 0 fully saturated rings. The van der Waals surface area contributed by atoms with E-state index in [2.05, 4.69) is 5.32 Å². The van der Waals surface area contributed by atoms with Crippen molar-refractivity contribution in [2.24, 2.45) is 11.7 Å². The monoisotopic (exact) mass is 436 g/mol. The van der Waals surface area contributed by atoms with Gasteiger partial charge in [-0.05, 0) is 25.0 Å². The average Bonchev–Trinajstić information content (AvgIpc) is 2.72. The molecule has 1 aromatic carbocycles. The Hall–Kier alpha value is -2.12. The van der Waals surface area contributed by atoms with E-state index in [0.717, 1.165) is 38.0 Å². The number of hydrogen-bond donors (Lipinski definition) is 3. The van der Waals surface area contributed by atoms with Crippen LogP contribution in [0.5, 0.6) is 5.75 Å². The number of ether oxygens (including phenoxy) is 1. The van der Waals surface area contributed by atoms with Crippen molar-refractivity contribution < 1.29 is 23.9 Å². The number of carboxylic acids is 1. The number of carbonyl (C=O) groups is 2. The molecule has 0 aliphatic heterocycles. The molecule has 0 aliphatic carbocycles. The second-order valence-corrected chi connectivity index (χ2v) is 9.09. The molecule has 0 radical (unpaired) electrons. The van der Waals surface area contributed by atoms with Gasteiger partial charge in [0.15, 0.2) is 6.17 Å². The van der Waals surface area contributed by atoms with Crippen molar-refractivity contribution in [1.29, 1.82) is 0 Å². The lowest BCUT2D eigenvalue weighted by Gasteiger charge is -2.35. The molecule has 7 heteroatoms. The standard InChI is InChI=1S/C24H41N3O4/c1-27(2,3)23(25)21(19-22(28)29)24(30)26-17-13-8-6-4-5-7-9-14-18-31-20-15-11-10-12-16-20/h10-12,15-16,21,23H,4-9,13-14,17-19,25H2,1-3H3,(H-,26,28,29,30)/p+1. The lowest BCUT2D eigenvalue weighted by Crippen LogP contribution is -2.58. The summed E-state index contributed by atoms with van der Waals surface area (Å²) >= 11 is 0. The van der Waals surface area contributed by atoms with Gasteiger partial charge in [-0.3, -0.25) is 15.3 Å². The number of quaternary nitrogens is 1. The van der Waals surface area contributed by atoms with E-state index >= 15 is 0 Å². The molecule has 0 saturated carbocycles. The molecular weight excluding hydrogens is 394 g/mol. The van der Waals surface area contributed by atoms with Crippen molar-refractivity contribution in [3.8, 4) is 5.75 Å². The highest BCUT2D eigenvalue weighted by Gasteiger charge is 2.36. The van der Waals surface area contributed by atoms with Crippen molar-refractivity contribution in [2.45, 2.75) is 64.0 Å². The molecule has 1 aromatic rings. The van der Waals surface area contributed by atoms with E-state index in [9.17, 15) is 9.59 Å². The fraction of sp³-hybridized carbons (Fsp3) is 0.667. The van der Waals surface area contributed by atoms with Gasteiger partial charge in [-0.2, -0.15) is 0 Å². The fourth-order valence-corrected chi connectivity index (χ4v) is 3.43. The smallest absolute Gasteiger partial charge is 0.304 e. The fourth-order valence-electron chi connectivity index (χ4n) is 3.43. The zero-order valence-electron chi connectivity index (χ0n) is 19.5. The summed E-state index contributed by atoms with van der Waals surface area (Å²) in [5, 5.41) is 12.0. The van der Waals surface area contributed by atoms with Crippen LogP contribution in [0.1, 0.15) is 57.8 Å². The number of rotatable bonds is 17. The summed E-state index contributed by atoms with van der Waals surface area (Å²) < 4.78 is 6.03. The third-order valence-corrected chi connectivity index (χ3v) is 5.42. The van der Waals surface area contributed by atoms with E-state index in [0.29, 0.717) is 11.0 Å². The summed E-state index contributed by atoms with van der Waals surface area (Å²) in [7, 11) is 5.59. The second-order valence-electron chi connectivity index (χ2n) is 9.09.